The number of amides is 1. The van der Waals surface area contributed by atoms with Crippen LogP contribution in [0.5, 0.6) is 0 Å². The number of hydrogen-bond donors (Lipinski definition) is 1. The molecule has 148 valence electrons. The van der Waals surface area contributed by atoms with E-state index in [0.717, 1.165) is 16.0 Å². The number of thiophene rings is 2. The topological polar surface area (TPSA) is 64.0 Å². The summed E-state index contributed by atoms with van der Waals surface area (Å²) in [6, 6.07) is 11.2. The third-order valence-electron chi connectivity index (χ3n) is 4.63. The molecule has 1 aromatic carbocycles. The Morgan fingerprint density at radius 2 is 2.00 bits per heavy atom. The standard InChI is InChI=1S/C21H18ClN3O2S2/c1-12-3-8-17(29-12)16-10-28-20-19(16)21(27)25(11-23-20)9-18(26)24-13(2)14-4-6-15(22)7-5-14/h3-8,10-11,13H,9H2,1-2H3,(H,24,26). The predicted molar refractivity (Wildman–Crippen MR) is 120 cm³/mol. The maximum absolute atomic E-state index is 13.1. The van der Waals surface area contributed by atoms with E-state index in [1.165, 1.54) is 27.1 Å². The number of aromatic nitrogens is 2. The number of halogens is 1. The van der Waals surface area contributed by atoms with Crippen molar-refractivity contribution >= 4 is 50.4 Å². The van der Waals surface area contributed by atoms with Gasteiger partial charge in [-0.2, -0.15) is 0 Å². The fourth-order valence-corrected chi connectivity index (χ4v) is 5.11. The van der Waals surface area contributed by atoms with E-state index in [0.29, 0.717) is 15.2 Å². The van der Waals surface area contributed by atoms with E-state index in [-0.39, 0.29) is 24.1 Å². The summed E-state index contributed by atoms with van der Waals surface area (Å²) in [5.41, 5.74) is 1.62. The highest BCUT2D eigenvalue weighted by Crippen LogP contribution is 2.34. The van der Waals surface area contributed by atoms with E-state index < -0.39 is 0 Å². The number of carbonyl (C=O) groups excluding carboxylic acids is 1. The first-order chi connectivity index (χ1) is 13.9. The van der Waals surface area contributed by atoms with Gasteiger partial charge in [0, 0.05) is 25.7 Å². The van der Waals surface area contributed by atoms with Gasteiger partial charge < -0.3 is 5.32 Å². The number of rotatable bonds is 5. The van der Waals surface area contributed by atoms with Crippen LogP contribution in [0.3, 0.4) is 0 Å². The Balaban J connectivity index is 1.58. The van der Waals surface area contributed by atoms with E-state index in [9.17, 15) is 9.59 Å². The number of nitrogens with one attached hydrogen (secondary N) is 1. The fourth-order valence-electron chi connectivity index (χ4n) is 3.12. The quantitative estimate of drug-likeness (QED) is 0.470. The van der Waals surface area contributed by atoms with E-state index in [1.807, 2.05) is 43.5 Å². The SMILES string of the molecule is Cc1ccc(-c2csc3ncn(CC(=O)NC(C)c4ccc(Cl)cc4)c(=O)c23)s1. The molecule has 4 rings (SSSR count). The van der Waals surface area contributed by atoms with Gasteiger partial charge in [0.25, 0.3) is 5.56 Å². The van der Waals surface area contributed by atoms with Crippen molar-refractivity contribution < 1.29 is 4.79 Å². The maximum Gasteiger partial charge on any atom is 0.263 e. The van der Waals surface area contributed by atoms with Crippen molar-refractivity contribution in [3.8, 4) is 10.4 Å². The summed E-state index contributed by atoms with van der Waals surface area (Å²) in [6.07, 6.45) is 1.44. The van der Waals surface area contributed by atoms with Gasteiger partial charge in [0.15, 0.2) is 0 Å². The van der Waals surface area contributed by atoms with Crippen LogP contribution in [0, 0.1) is 6.92 Å². The van der Waals surface area contributed by atoms with Crippen LogP contribution in [-0.2, 0) is 11.3 Å². The van der Waals surface area contributed by atoms with E-state index in [4.69, 9.17) is 11.6 Å². The molecule has 8 heteroatoms. The molecule has 0 bridgehead atoms. The zero-order valence-electron chi connectivity index (χ0n) is 15.8. The minimum atomic E-state index is -0.251. The van der Waals surface area contributed by atoms with Gasteiger partial charge >= 0.3 is 0 Å². The molecule has 0 saturated carbocycles. The molecule has 1 unspecified atom stereocenters. The van der Waals surface area contributed by atoms with Crippen LogP contribution in [0.4, 0.5) is 0 Å². The third-order valence-corrected chi connectivity index (χ3v) is 6.80. The number of fused-ring (bicyclic) bond motifs is 1. The van der Waals surface area contributed by atoms with Gasteiger partial charge in [-0.15, -0.1) is 22.7 Å². The summed E-state index contributed by atoms with van der Waals surface area (Å²) in [4.78, 5) is 32.9. The highest BCUT2D eigenvalue weighted by Gasteiger charge is 2.16. The highest BCUT2D eigenvalue weighted by molar-refractivity contribution is 7.19. The molecule has 29 heavy (non-hydrogen) atoms. The lowest BCUT2D eigenvalue weighted by atomic mass is 10.1. The molecule has 0 saturated heterocycles. The monoisotopic (exact) mass is 443 g/mol. The normalized spacial score (nSPS) is 12.2. The maximum atomic E-state index is 13.1. The van der Waals surface area contributed by atoms with Crippen LogP contribution in [0.15, 0.2) is 52.9 Å². The average molecular weight is 444 g/mol. The molecule has 0 radical (unpaired) electrons. The minimum absolute atomic E-state index is 0.0849. The molecule has 3 heterocycles. The molecular formula is C21H18ClN3O2S2. The summed E-state index contributed by atoms with van der Waals surface area (Å²) in [5.74, 6) is -0.251. The Labute approximate surface area is 180 Å². The molecule has 1 atom stereocenters. The second kappa shape index (κ2) is 8.10. The molecule has 0 aliphatic heterocycles. The van der Waals surface area contributed by atoms with Gasteiger partial charge in [0.05, 0.1) is 17.8 Å². The predicted octanol–water partition coefficient (Wildman–Crippen LogP) is 5.03. The summed E-state index contributed by atoms with van der Waals surface area (Å²) in [7, 11) is 0. The Hall–Kier alpha value is -2.48. The van der Waals surface area contributed by atoms with Gasteiger partial charge in [0.1, 0.15) is 11.4 Å². The molecular weight excluding hydrogens is 426 g/mol. The lowest BCUT2D eigenvalue weighted by Crippen LogP contribution is -2.33. The Kier molecular flexibility index (Phi) is 5.54. The van der Waals surface area contributed by atoms with Crippen molar-refractivity contribution in [2.75, 3.05) is 0 Å². The average Bonchev–Trinajstić information content (AvgIpc) is 3.31. The lowest BCUT2D eigenvalue weighted by molar-refractivity contribution is -0.122. The second-order valence-corrected chi connectivity index (χ2v) is 9.34. The second-order valence-electron chi connectivity index (χ2n) is 6.76. The van der Waals surface area contributed by atoms with Crippen LogP contribution in [0.25, 0.3) is 20.7 Å². The smallest absolute Gasteiger partial charge is 0.263 e. The fraction of sp³-hybridized carbons (Fsp3) is 0.190. The van der Waals surface area contributed by atoms with Gasteiger partial charge in [-0.25, -0.2) is 4.98 Å². The number of nitrogens with zero attached hydrogens (tertiary/aromatic N) is 2. The first-order valence-corrected chi connectivity index (χ1v) is 11.1. The van der Waals surface area contributed by atoms with Crippen LogP contribution < -0.4 is 10.9 Å². The van der Waals surface area contributed by atoms with Crippen molar-refractivity contribution in [3.05, 3.63) is 73.9 Å². The summed E-state index contributed by atoms with van der Waals surface area (Å²) >= 11 is 8.99. The number of hydrogen-bond acceptors (Lipinski definition) is 5. The number of aryl methyl sites for hydroxylation is 1. The molecule has 0 spiro atoms. The van der Waals surface area contributed by atoms with Crippen molar-refractivity contribution in [1.29, 1.82) is 0 Å². The van der Waals surface area contributed by atoms with Crippen LogP contribution >= 0.6 is 34.3 Å². The van der Waals surface area contributed by atoms with Crippen LogP contribution in [0.1, 0.15) is 23.4 Å². The number of carbonyl (C=O) groups is 1. The lowest BCUT2D eigenvalue weighted by Gasteiger charge is -2.15. The summed E-state index contributed by atoms with van der Waals surface area (Å²) < 4.78 is 1.36. The summed E-state index contributed by atoms with van der Waals surface area (Å²) in [6.45, 7) is 3.84. The van der Waals surface area contributed by atoms with Crippen molar-refractivity contribution in [2.45, 2.75) is 26.4 Å². The zero-order chi connectivity index (χ0) is 20.5. The van der Waals surface area contributed by atoms with E-state index >= 15 is 0 Å². The van der Waals surface area contributed by atoms with Gasteiger partial charge in [-0.05, 0) is 43.7 Å². The van der Waals surface area contributed by atoms with Crippen LogP contribution in [0.2, 0.25) is 5.02 Å². The summed E-state index contributed by atoms with van der Waals surface area (Å²) in [5, 5.41) is 6.09. The Morgan fingerprint density at radius 3 is 2.69 bits per heavy atom. The Bertz CT molecular complexity index is 1240. The Morgan fingerprint density at radius 1 is 1.24 bits per heavy atom. The number of benzene rings is 1. The third kappa shape index (κ3) is 4.12. The first kappa shape index (κ1) is 19.8. The van der Waals surface area contributed by atoms with Crippen molar-refractivity contribution in [1.82, 2.24) is 14.9 Å². The van der Waals surface area contributed by atoms with E-state index in [2.05, 4.69) is 10.3 Å². The molecule has 3 aromatic heterocycles. The first-order valence-electron chi connectivity index (χ1n) is 9.00. The molecule has 0 fully saturated rings. The molecule has 1 N–H and O–H groups in total. The highest BCUT2D eigenvalue weighted by atomic mass is 35.5. The van der Waals surface area contributed by atoms with Crippen LogP contribution in [-0.4, -0.2) is 15.5 Å². The molecule has 1 amide bonds. The zero-order valence-corrected chi connectivity index (χ0v) is 18.2. The van der Waals surface area contributed by atoms with Crippen molar-refractivity contribution in [3.63, 3.8) is 0 Å². The minimum Gasteiger partial charge on any atom is -0.348 e. The van der Waals surface area contributed by atoms with Gasteiger partial charge in [-0.3, -0.25) is 14.2 Å². The van der Waals surface area contributed by atoms with E-state index in [1.54, 1.807) is 23.5 Å². The molecule has 0 aliphatic rings. The van der Waals surface area contributed by atoms with Gasteiger partial charge in [-0.1, -0.05) is 23.7 Å². The molecule has 4 aromatic rings. The molecule has 5 nitrogen and oxygen atoms in total. The van der Waals surface area contributed by atoms with Crippen molar-refractivity contribution in [2.24, 2.45) is 0 Å². The molecule has 0 aliphatic carbocycles. The van der Waals surface area contributed by atoms with Gasteiger partial charge in [0.2, 0.25) is 5.91 Å². The largest absolute Gasteiger partial charge is 0.348 e.